The Morgan fingerprint density at radius 2 is 1.81 bits per heavy atom. The second kappa shape index (κ2) is 9.13. The van der Waals surface area contributed by atoms with Crippen LogP contribution in [0.3, 0.4) is 0 Å². The maximum Gasteiger partial charge on any atom is 0.337 e. The summed E-state index contributed by atoms with van der Waals surface area (Å²) in [7, 11) is 1.72. The Labute approximate surface area is 222 Å². The Hall–Kier alpha value is -3.46. The van der Waals surface area contributed by atoms with E-state index in [4.69, 9.17) is 21.3 Å². The van der Waals surface area contributed by atoms with Crippen molar-refractivity contribution in [3.05, 3.63) is 75.2 Å². The van der Waals surface area contributed by atoms with Gasteiger partial charge in [-0.15, -0.1) is 11.3 Å². The molecule has 0 saturated heterocycles. The number of imidazole rings is 1. The molecule has 1 atom stereocenters. The zero-order valence-corrected chi connectivity index (χ0v) is 22.6. The van der Waals surface area contributed by atoms with Crippen LogP contribution in [0.15, 0.2) is 53.3 Å². The molecule has 0 aliphatic rings. The summed E-state index contributed by atoms with van der Waals surface area (Å²) in [5, 5.41) is 11.6. The Morgan fingerprint density at radius 3 is 2.46 bits per heavy atom. The highest BCUT2D eigenvalue weighted by Crippen LogP contribution is 2.44. The van der Waals surface area contributed by atoms with Crippen LogP contribution in [0.5, 0.6) is 0 Å². The number of nitrogens with one attached hydrogen (secondary N) is 1. The molecule has 0 aliphatic carbocycles. The van der Waals surface area contributed by atoms with Gasteiger partial charge in [0.15, 0.2) is 6.10 Å². The van der Waals surface area contributed by atoms with Crippen LogP contribution in [0, 0.1) is 6.92 Å². The first-order valence-corrected chi connectivity index (χ1v) is 12.9. The second-order valence-electron chi connectivity index (χ2n) is 10.0. The van der Waals surface area contributed by atoms with E-state index < -0.39 is 17.7 Å². The topological polar surface area (TPSA) is 97.2 Å². The van der Waals surface area contributed by atoms with Crippen LogP contribution >= 0.6 is 22.9 Å². The minimum Gasteiger partial charge on any atom is -0.479 e. The van der Waals surface area contributed by atoms with Gasteiger partial charge in [-0.1, -0.05) is 23.7 Å². The van der Waals surface area contributed by atoms with Crippen LogP contribution in [0.25, 0.3) is 42.9 Å². The number of hydrogen-bond acceptors (Lipinski definition) is 5. The van der Waals surface area contributed by atoms with E-state index in [0.29, 0.717) is 10.6 Å². The summed E-state index contributed by atoms with van der Waals surface area (Å²) in [6.07, 6.45) is -1.17. The molecule has 2 heterocycles. The third-order valence-electron chi connectivity index (χ3n) is 6.17. The standard InChI is InChI=1S/C28H26ClN3O4S/c1-14-12-19-24(37-25(30-19)16-8-11-20-18(13-16)31-27(35)32(20)5)22(15-6-9-17(29)10-7-15)21(14)23(26(33)34)36-28(2,3)4/h6-13,23H,1-5H3,(H,31,35)(H,33,34)/t23-/m0/s1. The number of rotatable bonds is 5. The van der Waals surface area contributed by atoms with Crippen molar-refractivity contribution in [2.24, 2.45) is 7.05 Å². The van der Waals surface area contributed by atoms with Crippen LogP contribution < -0.4 is 5.69 Å². The van der Waals surface area contributed by atoms with Gasteiger partial charge in [0, 0.05) is 28.8 Å². The number of fused-ring (bicyclic) bond motifs is 2. The normalized spacial score (nSPS) is 12.9. The number of aryl methyl sites for hydroxylation is 2. The molecule has 2 aromatic heterocycles. The van der Waals surface area contributed by atoms with E-state index in [-0.39, 0.29) is 5.69 Å². The van der Waals surface area contributed by atoms with Crippen molar-refractivity contribution in [2.45, 2.75) is 39.4 Å². The van der Waals surface area contributed by atoms with Crippen LogP contribution in [-0.2, 0) is 16.6 Å². The number of aromatic nitrogens is 3. The minimum absolute atomic E-state index is 0.180. The molecule has 5 aromatic rings. The van der Waals surface area contributed by atoms with Gasteiger partial charge in [-0.2, -0.15) is 0 Å². The van der Waals surface area contributed by atoms with Crippen LogP contribution in [0.2, 0.25) is 5.02 Å². The molecule has 0 spiro atoms. The number of thiazole rings is 1. The average Bonchev–Trinajstić information content (AvgIpc) is 3.36. The Bertz CT molecular complexity index is 1730. The molecule has 0 amide bonds. The number of halogens is 1. The minimum atomic E-state index is -1.17. The van der Waals surface area contributed by atoms with E-state index in [0.717, 1.165) is 48.5 Å². The highest BCUT2D eigenvalue weighted by Gasteiger charge is 2.32. The molecule has 0 saturated carbocycles. The first-order valence-electron chi connectivity index (χ1n) is 11.7. The van der Waals surface area contributed by atoms with Crippen molar-refractivity contribution in [3.63, 3.8) is 0 Å². The van der Waals surface area contributed by atoms with Gasteiger partial charge in [-0.05, 0) is 75.2 Å². The number of benzene rings is 3. The van der Waals surface area contributed by atoms with E-state index in [1.165, 1.54) is 11.3 Å². The first kappa shape index (κ1) is 25.2. The highest BCUT2D eigenvalue weighted by atomic mass is 35.5. The lowest BCUT2D eigenvalue weighted by molar-refractivity contribution is -0.160. The molecule has 0 aliphatic heterocycles. The van der Waals surface area contributed by atoms with Crippen molar-refractivity contribution in [2.75, 3.05) is 0 Å². The molecule has 9 heteroatoms. The van der Waals surface area contributed by atoms with Crippen molar-refractivity contribution in [1.82, 2.24) is 14.5 Å². The molecule has 0 bridgehead atoms. The first-order chi connectivity index (χ1) is 17.4. The van der Waals surface area contributed by atoms with E-state index in [9.17, 15) is 14.7 Å². The molecule has 0 radical (unpaired) electrons. The summed E-state index contributed by atoms with van der Waals surface area (Å²) in [6.45, 7) is 7.41. The number of aliphatic carboxylic acids is 1. The lowest BCUT2D eigenvalue weighted by Crippen LogP contribution is -2.28. The summed E-state index contributed by atoms with van der Waals surface area (Å²) >= 11 is 7.65. The second-order valence-corrected chi connectivity index (χ2v) is 11.5. The fourth-order valence-corrected chi connectivity index (χ4v) is 5.78. The SMILES string of the molecule is Cc1cc2nc(-c3ccc4c(c3)[nH]c(=O)n4C)sc2c(-c2ccc(Cl)cc2)c1[C@H](OC(C)(C)C)C(=O)O. The van der Waals surface area contributed by atoms with Crippen molar-refractivity contribution < 1.29 is 14.6 Å². The summed E-state index contributed by atoms with van der Waals surface area (Å²) < 4.78 is 8.49. The maximum atomic E-state index is 12.5. The predicted octanol–water partition coefficient (Wildman–Crippen LogP) is 6.71. The molecule has 37 heavy (non-hydrogen) atoms. The fourth-order valence-electron chi connectivity index (χ4n) is 4.53. The number of carbonyl (C=O) groups is 1. The fraction of sp³-hybridized carbons (Fsp3) is 0.250. The van der Waals surface area contributed by atoms with E-state index in [1.54, 1.807) is 23.7 Å². The molecule has 190 valence electrons. The highest BCUT2D eigenvalue weighted by molar-refractivity contribution is 7.22. The van der Waals surface area contributed by atoms with Gasteiger partial charge >= 0.3 is 11.7 Å². The van der Waals surface area contributed by atoms with Gasteiger partial charge in [0.05, 0.1) is 26.9 Å². The number of hydrogen-bond donors (Lipinski definition) is 2. The quantitative estimate of drug-likeness (QED) is 0.260. The van der Waals surface area contributed by atoms with Crippen LogP contribution in [-0.4, -0.2) is 31.2 Å². The predicted molar refractivity (Wildman–Crippen MR) is 149 cm³/mol. The Balaban J connectivity index is 1.78. The van der Waals surface area contributed by atoms with Crippen molar-refractivity contribution >= 4 is 50.2 Å². The molecule has 3 aromatic carbocycles. The number of ether oxygens (including phenoxy) is 1. The average molecular weight is 536 g/mol. The van der Waals surface area contributed by atoms with Crippen LogP contribution in [0.1, 0.15) is 38.0 Å². The summed E-state index contributed by atoms with van der Waals surface area (Å²) in [5.74, 6) is -1.06. The molecule has 2 N–H and O–H groups in total. The lowest BCUT2D eigenvalue weighted by Gasteiger charge is -2.28. The number of carboxylic acid groups (broad SMARTS) is 1. The van der Waals surface area contributed by atoms with Crippen LogP contribution in [0.4, 0.5) is 0 Å². The monoisotopic (exact) mass is 535 g/mol. The maximum absolute atomic E-state index is 12.5. The zero-order valence-electron chi connectivity index (χ0n) is 21.0. The Morgan fingerprint density at radius 1 is 1.14 bits per heavy atom. The smallest absolute Gasteiger partial charge is 0.337 e. The van der Waals surface area contributed by atoms with Gasteiger partial charge in [0.1, 0.15) is 5.01 Å². The molecule has 0 fully saturated rings. The Kier molecular flexibility index (Phi) is 6.22. The molecular weight excluding hydrogens is 510 g/mol. The molecular formula is C28H26ClN3O4S. The largest absolute Gasteiger partial charge is 0.479 e. The summed E-state index contributed by atoms with van der Waals surface area (Å²) in [5.41, 5.74) is 5.25. The third-order valence-corrected chi connectivity index (χ3v) is 7.56. The van der Waals surface area contributed by atoms with E-state index >= 15 is 0 Å². The number of nitrogens with zero attached hydrogens (tertiary/aromatic N) is 2. The third kappa shape index (κ3) is 4.68. The summed E-state index contributed by atoms with van der Waals surface area (Å²) in [4.78, 5) is 32.3. The lowest BCUT2D eigenvalue weighted by atomic mass is 9.91. The number of carboxylic acids is 1. The van der Waals surface area contributed by atoms with E-state index in [2.05, 4.69) is 4.98 Å². The van der Waals surface area contributed by atoms with Gasteiger partial charge in [0.2, 0.25) is 0 Å². The van der Waals surface area contributed by atoms with E-state index in [1.807, 2.05) is 64.1 Å². The molecule has 7 nitrogen and oxygen atoms in total. The molecule has 0 unspecified atom stereocenters. The van der Waals surface area contributed by atoms with Gasteiger partial charge < -0.3 is 14.8 Å². The number of aromatic amines is 1. The van der Waals surface area contributed by atoms with Gasteiger partial charge in [-0.3, -0.25) is 4.57 Å². The van der Waals surface area contributed by atoms with Gasteiger partial charge in [-0.25, -0.2) is 14.6 Å². The van der Waals surface area contributed by atoms with Gasteiger partial charge in [0.25, 0.3) is 0 Å². The molecule has 5 rings (SSSR count). The zero-order chi connectivity index (χ0) is 26.6. The summed E-state index contributed by atoms with van der Waals surface area (Å²) in [6, 6.07) is 15.0. The number of H-pyrrole nitrogens is 1. The van der Waals surface area contributed by atoms with Crippen molar-refractivity contribution in [3.8, 4) is 21.7 Å². The van der Waals surface area contributed by atoms with Crippen molar-refractivity contribution in [1.29, 1.82) is 0 Å².